The Bertz CT molecular complexity index is 2410. The number of nitrogen functional groups attached to an aromatic ring is 2. The first-order valence-electron chi connectivity index (χ1n) is 19.2. The van der Waals surface area contributed by atoms with E-state index in [1.165, 1.54) is 0 Å². The van der Waals surface area contributed by atoms with E-state index in [4.69, 9.17) is 18.0 Å². The van der Waals surface area contributed by atoms with E-state index >= 15 is 0 Å². The summed E-state index contributed by atoms with van der Waals surface area (Å²) in [5.41, 5.74) is 23.8. The van der Waals surface area contributed by atoms with Gasteiger partial charge in [0.15, 0.2) is 0 Å². The van der Waals surface area contributed by atoms with E-state index in [1.54, 1.807) is 0 Å². The van der Waals surface area contributed by atoms with Crippen LogP contribution in [-0.2, 0) is 0 Å². The highest BCUT2D eigenvalue weighted by Gasteiger charge is 2.42. The lowest BCUT2D eigenvalue weighted by molar-refractivity contribution is -0.527. The minimum atomic E-state index is -0.0957. The van der Waals surface area contributed by atoms with Gasteiger partial charge < -0.3 is 21.5 Å². The first-order chi connectivity index (χ1) is 26.4. The Morgan fingerprint density at radius 3 is 1.65 bits per heavy atom. The highest BCUT2D eigenvalue weighted by atomic mass is 16.3. The molecule has 0 bridgehead atoms. The monoisotopic (exact) mass is 711 g/mol. The number of allylic oxidation sites excluding steroid dienone is 3. The summed E-state index contributed by atoms with van der Waals surface area (Å²) in [6.07, 6.45) is 3.91. The van der Waals surface area contributed by atoms with Crippen LogP contribution in [0.1, 0.15) is 81.2 Å². The van der Waals surface area contributed by atoms with Crippen molar-refractivity contribution in [1.82, 2.24) is 0 Å². The number of fused-ring (bicyclic) bond motifs is 4. The van der Waals surface area contributed by atoms with Crippen LogP contribution in [0.2, 0.25) is 0 Å². The molecule has 5 aromatic carbocycles. The van der Waals surface area contributed by atoms with Gasteiger partial charge in [0, 0.05) is 86.7 Å². The average Bonchev–Trinajstić information content (AvgIpc) is 3.18. The molecule has 0 heterocycles. The Labute approximate surface area is 318 Å². The Morgan fingerprint density at radius 1 is 0.704 bits per heavy atom. The molecule has 0 amide bonds. The number of anilines is 3. The molecule has 0 atom stereocenters. The Morgan fingerprint density at radius 2 is 1.20 bits per heavy atom. The molecule has 0 unspecified atom stereocenters. The molecule has 0 aliphatic heterocycles. The van der Waals surface area contributed by atoms with Gasteiger partial charge in [-0.1, -0.05) is 88.4 Å². The molecule has 0 fully saturated rings. The first-order valence-corrected chi connectivity index (χ1v) is 19.2. The fourth-order valence-corrected chi connectivity index (χ4v) is 8.70. The maximum atomic E-state index is 12.7. The fraction of sp³-hybridized carbons (Fsp3) is 0.255. The zero-order chi connectivity index (χ0) is 38.1. The first kappa shape index (κ1) is 36.1. The summed E-state index contributed by atoms with van der Waals surface area (Å²) in [5.74, 6) is 0.0178. The van der Waals surface area contributed by atoms with Gasteiger partial charge in [-0.05, 0) is 48.2 Å². The van der Waals surface area contributed by atoms with Crippen molar-refractivity contribution < 1.29 is 9.68 Å². The number of hydrogen-bond donors (Lipinski definition) is 3. The second-order valence-electron chi connectivity index (χ2n) is 14.1. The van der Waals surface area contributed by atoms with Crippen molar-refractivity contribution in [1.29, 1.82) is 5.26 Å². The Kier molecular flexibility index (Phi) is 10.00. The molecule has 0 aromatic heterocycles. The molecule has 7 nitrogen and oxygen atoms in total. The topological polar surface area (TPSA) is 107 Å². The highest BCUT2D eigenvalue weighted by molar-refractivity contribution is 6.28. The van der Waals surface area contributed by atoms with E-state index in [2.05, 4.69) is 96.6 Å². The molecule has 2 aliphatic carbocycles. The van der Waals surface area contributed by atoms with Crippen molar-refractivity contribution in [3.05, 3.63) is 147 Å². The minimum absolute atomic E-state index is 0.0178. The second-order valence-corrected chi connectivity index (χ2v) is 14.1. The van der Waals surface area contributed by atoms with E-state index in [0.29, 0.717) is 33.7 Å². The number of aliphatic hydroxyl groups is 1. The SMILES string of the molecule is [C-]#[N+]C(C#N)=C1C(=C2c3ccccc3C(=[N+](CCC)CCC)c3ccccc32)C(O)=C1c1c2c(N)cccc2c(N(CCC)CCC)c2cccc(N)c12. The molecule has 7 rings (SSSR count). The summed E-state index contributed by atoms with van der Waals surface area (Å²) < 4.78 is 2.46. The molecule has 0 saturated carbocycles. The average molecular weight is 712 g/mol. The van der Waals surface area contributed by atoms with Crippen LogP contribution in [0, 0.1) is 17.9 Å². The normalized spacial score (nSPS) is 14.4. The van der Waals surface area contributed by atoms with Crippen molar-refractivity contribution >= 4 is 55.5 Å². The van der Waals surface area contributed by atoms with Gasteiger partial charge in [-0.15, -0.1) is 0 Å². The van der Waals surface area contributed by atoms with Crippen LogP contribution in [0.4, 0.5) is 17.1 Å². The number of benzene rings is 5. The Hall–Kier alpha value is -6.31. The van der Waals surface area contributed by atoms with Crippen LogP contribution in [0.3, 0.4) is 0 Å². The summed E-state index contributed by atoms with van der Waals surface area (Å²) in [6.45, 7) is 20.5. The molecule has 0 radical (unpaired) electrons. The van der Waals surface area contributed by atoms with Gasteiger partial charge >= 0.3 is 0 Å². The number of hydrogen-bond acceptors (Lipinski definition) is 5. The maximum absolute atomic E-state index is 12.7. The Balaban J connectivity index is 1.66. The fourth-order valence-electron chi connectivity index (χ4n) is 8.70. The standard InChI is InChI=1S/C47H46N6O/c1-6-24-52(25-7-2)45-31-18-12-10-16-29(31)38(30-17-11-13-19-32(30)45)43-41(37(28-48)51-5)44(47(43)54)42-39-33(20-14-22-35(39)49)46(53(26-8-3)27-9-4)34-21-15-23-36(50)40(34)42/h10-23H,6-9,24-27,49-50H2,1-4H3/p+1. The quantitative estimate of drug-likeness (QED) is 0.0431. The molecule has 2 aliphatic rings. The van der Waals surface area contributed by atoms with E-state index in [1.807, 2.05) is 36.4 Å². The lowest BCUT2D eigenvalue weighted by Crippen LogP contribution is -2.30. The summed E-state index contributed by atoms with van der Waals surface area (Å²) in [6, 6.07) is 30.6. The van der Waals surface area contributed by atoms with E-state index in [-0.39, 0.29) is 11.5 Å². The summed E-state index contributed by atoms with van der Waals surface area (Å²) in [7, 11) is 0. The van der Waals surface area contributed by atoms with Gasteiger partial charge in [-0.25, -0.2) is 14.7 Å². The van der Waals surface area contributed by atoms with Crippen molar-refractivity contribution in [2.45, 2.75) is 53.4 Å². The van der Waals surface area contributed by atoms with Gasteiger partial charge in [-0.2, -0.15) is 0 Å². The molecule has 5 N–H and O–H groups in total. The molecule has 54 heavy (non-hydrogen) atoms. The summed E-state index contributed by atoms with van der Waals surface area (Å²) >= 11 is 0. The molecule has 5 aromatic rings. The van der Waals surface area contributed by atoms with Crippen LogP contribution < -0.4 is 16.4 Å². The van der Waals surface area contributed by atoms with Gasteiger partial charge in [0.25, 0.3) is 5.70 Å². The zero-order valence-electron chi connectivity index (χ0n) is 31.6. The van der Waals surface area contributed by atoms with Crippen LogP contribution in [0.5, 0.6) is 0 Å². The van der Waals surface area contributed by atoms with Crippen molar-refractivity contribution in [2.24, 2.45) is 0 Å². The second kappa shape index (κ2) is 15.0. The van der Waals surface area contributed by atoms with Crippen molar-refractivity contribution in [2.75, 3.05) is 42.5 Å². The largest absolute Gasteiger partial charge is 0.507 e. The number of rotatable bonds is 10. The molecule has 7 heteroatoms. The smallest absolute Gasteiger partial charge is 0.270 e. The molecule has 0 spiro atoms. The van der Waals surface area contributed by atoms with Gasteiger partial charge in [0.1, 0.15) is 18.8 Å². The predicted octanol–water partition coefficient (Wildman–Crippen LogP) is 10.2. The number of aliphatic hydroxyl groups excluding tert-OH is 1. The molecule has 270 valence electrons. The van der Waals surface area contributed by atoms with E-state index in [0.717, 1.165) is 113 Å². The van der Waals surface area contributed by atoms with Gasteiger partial charge in [0.2, 0.25) is 5.71 Å². The van der Waals surface area contributed by atoms with Crippen molar-refractivity contribution in [3.8, 4) is 6.07 Å². The van der Waals surface area contributed by atoms with Crippen LogP contribution in [-0.4, -0.2) is 41.6 Å². The number of nitriles is 1. The third-order valence-electron chi connectivity index (χ3n) is 10.6. The molecule has 0 saturated heterocycles. The van der Waals surface area contributed by atoms with Crippen molar-refractivity contribution in [3.63, 3.8) is 0 Å². The van der Waals surface area contributed by atoms with E-state index in [9.17, 15) is 10.4 Å². The maximum Gasteiger partial charge on any atom is 0.270 e. The lowest BCUT2D eigenvalue weighted by atomic mass is 9.69. The minimum Gasteiger partial charge on any atom is -0.507 e. The van der Waals surface area contributed by atoms with E-state index < -0.39 is 0 Å². The zero-order valence-corrected chi connectivity index (χ0v) is 31.6. The van der Waals surface area contributed by atoms with Crippen LogP contribution in [0.25, 0.3) is 37.5 Å². The molecular formula is C47H47N6O+. The third kappa shape index (κ3) is 5.60. The number of nitrogens with zero attached hydrogens (tertiary/aromatic N) is 4. The van der Waals surface area contributed by atoms with Gasteiger partial charge in [0.05, 0.1) is 29.5 Å². The van der Waals surface area contributed by atoms with Crippen LogP contribution in [0.15, 0.2) is 108 Å². The lowest BCUT2D eigenvalue weighted by Gasteiger charge is -2.35. The summed E-state index contributed by atoms with van der Waals surface area (Å²) in [4.78, 5) is 6.19. The summed E-state index contributed by atoms with van der Waals surface area (Å²) in [5, 5.41) is 26.7. The molecular weight excluding hydrogens is 665 g/mol. The predicted molar refractivity (Wildman–Crippen MR) is 225 cm³/mol. The number of nitrogens with two attached hydrogens (primary N) is 2. The third-order valence-corrected chi connectivity index (χ3v) is 10.6. The van der Waals surface area contributed by atoms with Crippen LogP contribution >= 0.6 is 0 Å². The highest BCUT2D eigenvalue weighted by Crippen LogP contribution is 2.57. The van der Waals surface area contributed by atoms with Gasteiger partial charge in [-0.3, -0.25) is 0 Å².